The van der Waals surface area contributed by atoms with Gasteiger partial charge in [0, 0.05) is 5.38 Å². The molecule has 0 aliphatic heterocycles. The first-order chi connectivity index (χ1) is 10.0. The van der Waals surface area contributed by atoms with E-state index in [0.717, 1.165) is 10.6 Å². The third-order valence-corrected chi connectivity index (χ3v) is 5.50. The summed E-state index contributed by atoms with van der Waals surface area (Å²) in [5, 5.41) is 14.0. The summed E-state index contributed by atoms with van der Waals surface area (Å²) in [6.07, 6.45) is 1.17. The molecule has 2 aromatic heterocycles. The number of amides is 1. The Morgan fingerprint density at radius 3 is 2.67 bits per heavy atom. The number of aliphatic carboxylic acids is 1. The van der Waals surface area contributed by atoms with Crippen LogP contribution in [0.4, 0.5) is 5.13 Å². The van der Waals surface area contributed by atoms with E-state index in [1.807, 2.05) is 11.4 Å². The number of aromatic nitrogens is 1. The fourth-order valence-electron chi connectivity index (χ4n) is 2.20. The molecular weight excluding hydrogens is 332 g/mol. The molecule has 21 heavy (non-hydrogen) atoms. The van der Waals surface area contributed by atoms with Crippen LogP contribution in [-0.4, -0.2) is 22.0 Å². The maximum atomic E-state index is 12.0. The minimum atomic E-state index is -0.908. The Bertz CT molecular complexity index is 697. The predicted octanol–water partition coefficient (Wildman–Crippen LogP) is 3.57. The van der Waals surface area contributed by atoms with Crippen LogP contribution in [0.25, 0.3) is 10.6 Å². The Balaban J connectivity index is 1.67. The number of carbonyl (C=O) groups is 2. The molecule has 0 radical (unpaired) electrons. The molecule has 5 nitrogen and oxygen atoms in total. The van der Waals surface area contributed by atoms with Crippen LogP contribution >= 0.6 is 34.3 Å². The lowest BCUT2D eigenvalue weighted by Crippen LogP contribution is -2.41. The zero-order valence-electron chi connectivity index (χ0n) is 10.7. The van der Waals surface area contributed by atoms with Crippen LogP contribution in [0.15, 0.2) is 17.5 Å². The molecule has 1 aliphatic rings. The van der Waals surface area contributed by atoms with Gasteiger partial charge < -0.3 is 10.4 Å². The molecule has 8 heteroatoms. The van der Waals surface area contributed by atoms with Crippen molar-refractivity contribution in [1.82, 2.24) is 4.98 Å². The molecule has 2 aromatic rings. The van der Waals surface area contributed by atoms with Gasteiger partial charge in [-0.2, -0.15) is 0 Å². The highest BCUT2D eigenvalue weighted by Crippen LogP contribution is 2.36. The summed E-state index contributed by atoms with van der Waals surface area (Å²) >= 11 is 8.62. The summed E-state index contributed by atoms with van der Waals surface area (Å²) < 4.78 is 0.683. The van der Waals surface area contributed by atoms with Gasteiger partial charge in [-0.3, -0.25) is 9.59 Å². The number of halogens is 1. The Morgan fingerprint density at radius 1 is 1.33 bits per heavy atom. The molecule has 1 aliphatic carbocycles. The number of carboxylic acid groups (broad SMARTS) is 1. The summed E-state index contributed by atoms with van der Waals surface area (Å²) in [4.78, 5) is 28.2. The van der Waals surface area contributed by atoms with E-state index in [0.29, 0.717) is 22.3 Å². The van der Waals surface area contributed by atoms with Gasteiger partial charge in [0.2, 0.25) is 5.91 Å². The smallest absolute Gasteiger partial charge is 0.307 e. The standard InChI is InChI=1S/C13H11ClN2O3S2/c14-10-4-3-9(21-10)8-5-20-13(15-8)16-11(17)6-1-2-7(6)12(18)19/h3-7H,1-2H2,(H,18,19)(H,15,16,17)/t6-,7-/m1/s1. The van der Waals surface area contributed by atoms with Crippen molar-refractivity contribution in [2.75, 3.05) is 5.32 Å². The monoisotopic (exact) mass is 342 g/mol. The number of anilines is 1. The van der Waals surface area contributed by atoms with Gasteiger partial charge in [0.25, 0.3) is 0 Å². The minimum Gasteiger partial charge on any atom is -0.481 e. The largest absolute Gasteiger partial charge is 0.481 e. The third kappa shape index (κ3) is 2.95. The van der Waals surface area contributed by atoms with Gasteiger partial charge in [0.1, 0.15) is 0 Å². The van der Waals surface area contributed by atoms with Crippen LogP contribution in [0.5, 0.6) is 0 Å². The Labute approximate surface area is 133 Å². The normalized spacial score (nSPS) is 20.8. The second-order valence-electron chi connectivity index (χ2n) is 4.76. The quantitative estimate of drug-likeness (QED) is 0.890. The molecule has 0 bridgehead atoms. The van der Waals surface area contributed by atoms with Gasteiger partial charge >= 0.3 is 5.97 Å². The van der Waals surface area contributed by atoms with Crippen molar-refractivity contribution < 1.29 is 14.7 Å². The Morgan fingerprint density at radius 2 is 2.10 bits per heavy atom. The van der Waals surface area contributed by atoms with Gasteiger partial charge in [-0.05, 0) is 25.0 Å². The molecule has 0 spiro atoms. The predicted molar refractivity (Wildman–Crippen MR) is 82.9 cm³/mol. The summed E-state index contributed by atoms with van der Waals surface area (Å²) in [5.74, 6) is -2.19. The van der Waals surface area contributed by atoms with Crippen molar-refractivity contribution in [3.05, 3.63) is 21.8 Å². The molecule has 3 rings (SSSR count). The van der Waals surface area contributed by atoms with E-state index >= 15 is 0 Å². The lowest BCUT2D eigenvalue weighted by atomic mass is 9.73. The first-order valence-electron chi connectivity index (χ1n) is 6.29. The fourth-order valence-corrected chi connectivity index (χ4v) is 4.00. The van der Waals surface area contributed by atoms with Crippen molar-refractivity contribution in [3.8, 4) is 10.6 Å². The number of thiazole rings is 1. The number of carboxylic acids is 1. The van der Waals surface area contributed by atoms with Gasteiger partial charge in [0.15, 0.2) is 5.13 Å². The van der Waals surface area contributed by atoms with E-state index in [4.69, 9.17) is 16.7 Å². The number of carbonyl (C=O) groups excluding carboxylic acids is 1. The molecule has 110 valence electrons. The number of hydrogen-bond donors (Lipinski definition) is 2. The van der Waals surface area contributed by atoms with Crippen LogP contribution < -0.4 is 5.32 Å². The number of thiophene rings is 1. The fraction of sp³-hybridized carbons (Fsp3) is 0.308. The summed E-state index contributed by atoms with van der Waals surface area (Å²) in [7, 11) is 0. The molecule has 0 unspecified atom stereocenters. The van der Waals surface area contributed by atoms with E-state index in [9.17, 15) is 9.59 Å². The van der Waals surface area contributed by atoms with Gasteiger partial charge in [-0.25, -0.2) is 4.98 Å². The van der Waals surface area contributed by atoms with Crippen LogP contribution in [0, 0.1) is 11.8 Å². The van der Waals surface area contributed by atoms with Crippen molar-refractivity contribution in [2.24, 2.45) is 11.8 Å². The zero-order chi connectivity index (χ0) is 15.0. The summed E-state index contributed by atoms with van der Waals surface area (Å²) in [6, 6.07) is 3.67. The van der Waals surface area contributed by atoms with Crippen molar-refractivity contribution in [3.63, 3.8) is 0 Å². The summed E-state index contributed by atoms with van der Waals surface area (Å²) in [6.45, 7) is 0. The molecule has 2 heterocycles. The number of hydrogen-bond acceptors (Lipinski definition) is 5. The highest BCUT2D eigenvalue weighted by molar-refractivity contribution is 7.20. The molecule has 2 N–H and O–H groups in total. The highest BCUT2D eigenvalue weighted by atomic mass is 35.5. The molecular formula is C13H11ClN2O3S2. The van der Waals surface area contributed by atoms with Crippen LogP contribution in [0.1, 0.15) is 12.8 Å². The molecule has 1 saturated carbocycles. The average Bonchev–Trinajstić information content (AvgIpc) is 2.95. The first kappa shape index (κ1) is 14.5. The van der Waals surface area contributed by atoms with Gasteiger partial charge in [0.05, 0.1) is 26.7 Å². The molecule has 1 fully saturated rings. The highest BCUT2D eigenvalue weighted by Gasteiger charge is 2.41. The van der Waals surface area contributed by atoms with E-state index in [1.54, 1.807) is 6.07 Å². The second kappa shape index (κ2) is 5.75. The van der Waals surface area contributed by atoms with Crippen LogP contribution in [-0.2, 0) is 9.59 Å². The number of nitrogens with one attached hydrogen (secondary N) is 1. The van der Waals surface area contributed by atoms with E-state index < -0.39 is 17.8 Å². The number of rotatable bonds is 4. The Kier molecular flexibility index (Phi) is 3.97. The van der Waals surface area contributed by atoms with Crippen LogP contribution in [0.3, 0.4) is 0 Å². The number of nitrogens with zero attached hydrogens (tertiary/aromatic N) is 1. The van der Waals surface area contributed by atoms with E-state index in [2.05, 4.69) is 10.3 Å². The average molecular weight is 343 g/mol. The van der Waals surface area contributed by atoms with Gasteiger partial charge in [-0.15, -0.1) is 22.7 Å². The van der Waals surface area contributed by atoms with Gasteiger partial charge in [-0.1, -0.05) is 11.6 Å². The van der Waals surface area contributed by atoms with E-state index in [-0.39, 0.29) is 5.91 Å². The van der Waals surface area contributed by atoms with E-state index in [1.165, 1.54) is 22.7 Å². The van der Waals surface area contributed by atoms with Crippen molar-refractivity contribution in [1.29, 1.82) is 0 Å². The topological polar surface area (TPSA) is 79.3 Å². The second-order valence-corrected chi connectivity index (χ2v) is 7.33. The lowest BCUT2D eigenvalue weighted by molar-refractivity contribution is -0.151. The van der Waals surface area contributed by atoms with Crippen molar-refractivity contribution >= 4 is 51.3 Å². The SMILES string of the molecule is O=C(O)[C@@H]1CC[C@H]1C(=O)Nc1nc(-c2ccc(Cl)s2)cs1. The molecule has 1 amide bonds. The molecule has 0 saturated heterocycles. The maximum absolute atomic E-state index is 12.0. The molecule has 0 aromatic carbocycles. The van der Waals surface area contributed by atoms with Crippen LogP contribution in [0.2, 0.25) is 4.34 Å². The third-order valence-electron chi connectivity index (χ3n) is 3.49. The first-order valence-corrected chi connectivity index (χ1v) is 8.37. The summed E-state index contributed by atoms with van der Waals surface area (Å²) in [5.41, 5.74) is 0.760. The zero-order valence-corrected chi connectivity index (χ0v) is 13.1. The maximum Gasteiger partial charge on any atom is 0.307 e. The Hall–Kier alpha value is -1.44. The molecule has 2 atom stereocenters. The minimum absolute atomic E-state index is 0.265. The van der Waals surface area contributed by atoms with Crippen molar-refractivity contribution in [2.45, 2.75) is 12.8 Å². The lowest BCUT2D eigenvalue weighted by Gasteiger charge is -2.31.